The Balaban J connectivity index is 3.10. The molecule has 0 saturated carbocycles. The summed E-state index contributed by atoms with van der Waals surface area (Å²) < 4.78 is 4.93. The Kier molecular flexibility index (Phi) is 5.38. The molecule has 3 heteroatoms. The molecule has 0 heterocycles. The lowest BCUT2D eigenvalue weighted by Gasteiger charge is -2.11. The summed E-state index contributed by atoms with van der Waals surface area (Å²) in [5.41, 5.74) is 3.74. The summed E-state index contributed by atoms with van der Waals surface area (Å²) in [6.45, 7) is 6.30. The van der Waals surface area contributed by atoms with Crippen molar-refractivity contribution in [3.63, 3.8) is 0 Å². The van der Waals surface area contributed by atoms with Crippen LogP contribution in [0.3, 0.4) is 0 Å². The monoisotopic (exact) mass is 245 g/mol. The largest absolute Gasteiger partial charge is 0.466 e. The highest BCUT2D eigenvalue weighted by atomic mass is 16.5. The van der Waals surface area contributed by atoms with Gasteiger partial charge in [-0.2, -0.15) is 5.26 Å². The Labute approximate surface area is 108 Å². The summed E-state index contributed by atoms with van der Waals surface area (Å²) in [6.07, 6.45) is 1.98. The molecule has 1 rings (SSSR count). The molecule has 0 aliphatic heterocycles. The van der Waals surface area contributed by atoms with Crippen LogP contribution in [0.4, 0.5) is 0 Å². The van der Waals surface area contributed by atoms with Gasteiger partial charge in [0, 0.05) is 0 Å². The van der Waals surface area contributed by atoms with Crippen LogP contribution in [0.25, 0.3) is 0 Å². The molecule has 0 saturated heterocycles. The molecular weight excluding hydrogens is 226 g/mol. The van der Waals surface area contributed by atoms with Gasteiger partial charge in [0.05, 0.1) is 24.7 Å². The van der Waals surface area contributed by atoms with Crippen molar-refractivity contribution in [1.29, 1.82) is 5.26 Å². The molecular formula is C15H19NO2. The second-order valence-electron chi connectivity index (χ2n) is 4.08. The zero-order valence-corrected chi connectivity index (χ0v) is 11.2. The molecule has 0 radical (unpaired) electrons. The fourth-order valence-electron chi connectivity index (χ4n) is 2.02. The molecule has 0 unspecified atom stereocenters. The number of hydrogen-bond acceptors (Lipinski definition) is 3. The minimum atomic E-state index is -0.277. The number of aryl methyl sites for hydroxylation is 2. The summed E-state index contributed by atoms with van der Waals surface area (Å²) in [5, 5.41) is 9.14. The van der Waals surface area contributed by atoms with Crippen molar-refractivity contribution in [2.45, 2.75) is 40.0 Å². The van der Waals surface area contributed by atoms with Gasteiger partial charge in [-0.05, 0) is 42.5 Å². The van der Waals surface area contributed by atoms with Crippen molar-refractivity contribution in [2.75, 3.05) is 6.61 Å². The summed E-state index contributed by atoms with van der Waals surface area (Å²) >= 11 is 0. The van der Waals surface area contributed by atoms with Gasteiger partial charge in [0.15, 0.2) is 0 Å². The lowest BCUT2D eigenvalue weighted by molar-refractivity contribution is -0.142. The Bertz CT molecular complexity index is 472. The van der Waals surface area contributed by atoms with Crippen LogP contribution in [0.5, 0.6) is 0 Å². The zero-order chi connectivity index (χ0) is 13.5. The quantitative estimate of drug-likeness (QED) is 0.749. The fourth-order valence-corrected chi connectivity index (χ4v) is 2.02. The van der Waals surface area contributed by atoms with Gasteiger partial charge < -0.3 is 4.74 Å². The van der Waals surface area contributed by atoms with E-state index in [4.69, 9.17) is 10.00 Å². The molecule has 0 aliphatic carbocycles. The third kappa shape index (κ3) is 3.33. The van der Waals surface area contributed by atoms with E-state index in [9.17, 15) is 4.79 Å². The van der Waals surface area contributed by atoms with Gasteiger partial charge in [0.25, 0.3) is 0 Å². The molecule has 18 heavy (non-hydrogen) atoms. The number of hydrogen-bond donors (Lipinski definition) is 0. The van der Waals surface area contributed by atoms with Gasteiger partial charge in [-0.1, -0.05) is 19.9 Å². The maximum atomic E-state index is 11.5. The predicted molar refractivity (Wildman–Crippen MR) is 70.3 cm³/mol. The van der Waals surface area contributed by atoms with Crippen molar-refractivity contribution in [1.82, 2.24) is 0 Å². The van der Waals surface area contributed by atoms with E-state index >= 15 is 0 Å². The van der Waals surface area contributed by atoms with Crippen LogP contribution in [0, 0.1) is 11.3 Å². The topological polar surface area (TPSA) is 50.1 Å². The van der Waals surface area contributed by atoms with Gasteiger partial charge in [0.1, 0.15) is 0 Å². The first-order chi connectivity index (χ1) is 8.65. The molecule has 3 nitrogen and oxygen atoms in total. The highest BCUT2D eigenvalue weighted by Crippen LogP contribution is 2.19. The van der Waals surface area contributed by atoms with Crippen LogP contribution in [0.1, 0.15) is 43.0 Å². The molecule has 0 N–H and O–H groups in total. The van der Waals surface area contributed by atoms with Crippen molar-refractivity contribution in [2.24, 2.45) is 0 Å². The van der Waals surface area contributed by atoms with E-state index in [0.717, 1.165) is 18.4 Å². The normalized spacial score (nSPS) is 9.89. The number of ether oxygens (including phenoxy) is 1. The van der Waals surface area contributed by atoms with E-state index in [-0.39, 0.29) is 12.4 Å². The van der Waals surface area contributed by atoms with Crippen LogP contribution in [0.2, 0.25) is 0 Å². The maximum absolute atomic E-state index is 11.5. The summed E-state index contributed by atoms with van der Waals surface area (Å²) in [7, 11) is 0. The number of rotatable bonds is 5. The average Bonchev–Trinajstić information content (AvgIpc) is 2.38. The molecule has 0 aliphatic rings. The number of carbonyl (C=O) groups excluding carboxylic acids is 1. The van der Waals surface area contributed by atoms with E-state index in [1.807, 2.05) is 12.1 Å². The van der Waals surface area contributed by atoms with E-state index in [2.05, 4.69) is 19.9 Å². The summed E-state index contributed by atoms with van der Waals surface area (Å²) in [5.74, 6) is -0.277. The van der Waals surface area contributed by atoms with E-state index in [1.54, 1.807) is 6.92 Å². The molecule has 0 amide bonds. The maximum Gasteiger partial charge on any atom is 0.310 e. The molecule has 0 bridgehead atoms. The second kappa shape index (κ2) is 6.80. The van der Waals surface area contributed by atoms with Gasteiger partial charge in [0.2, 0.25) is 0 Å². The third-order valence-corrected chi connectivity index (χ3v) is 2.95. The minimum Gasteiger partial charge on any atom is -0.466 e. The number of esters is 1. The first kappa shape index (κ1) is 14.2. The van der Waals surface area contributed by atoms with Gasteiger partial charge in [-0.25, -0.2) is 0 Å². The molecule has 1 aromatic carbocycles. The van der Waals surface area contributed by atoms with Gasteiger partial charge >= 0.3 is 5.97 Å². The molecule has 0 fully saturated rings. The number of carbonyl (C=O) groups is 1. The molecule has 0 spiro atoms. The zero-order valence-electron chi connectivity index (χ0n) is 11.2. The lowest BCUT2D eigenvalue weighted by Crippen LogP contribution is -2.09. The minimum absolute atomic E-state index is 0.174. The third-order valence-electron chi connectivity index (χ3n) is 2.95. The molecule has 0 aromatic heterocycles. The average molecular weight is 245 g/mol. The molecule has 96 valence electrons. The van der Waals surface area contributed by atoms with Crippen molar-refractivity contribution < 1.29 is 9.53 Å². The Hall–Kier alpha value is -1.82. The fraction of sp³-hybridized carbons (Fsp3) is 0.467. The Morgan fingerprint density at radius 3 is 2.28 bits per heavy atom. The van der Waals surface area contributed by atoms with Gasteiger partial charge in [-0.15, -0.1) is 0 Å². The van der Waals surface area contributed by atoms with Crippen molar-refractivity contribution >= 4 is 5.97 Å². The number of nitrogens with zero attached hydrogens (tertiary/aromatic N) is 1. The van der Waals surface area contributed by atoms with Crippen molar-refractivity contribution in [3.8, 4) is 6.07 Å². The van der Waals surface area contributed by atoms with Gasteiger partial charge in [-0.3, -0.25) is 4.79 Å². The van der Waals surface area contributed by atoms with Crippen molar-refractivity contribution in [3.05, 3.63) is 34.4 Å². The standard InChI is InChI=1S/C15H19NO2/c1-4-11-7-13(9-15(17)18-6-3)14(10-16)8-12(11)5-2/h7-8H,4-6,9H2,1-3H3. The van der Waals surface area contributed by atoms with Crippen LogP contribution >= 0.6 is 0 Å². The highest BCUT2D eigenvalue weighted by molar-refractivity contribution is 5.73. The van der Waals surface area contributed by atoms with Crippen LogP contribution in [0.15, 0.2) is 12.1 Å². The lowest BCUT2D eigenvalue weighted by atomic mass is 9.94. The van der Waals surface area contributed by atoms with Crippen LogP contribution in [-0.4, -0.2) is 12.6 Å². The SMILES string of the molecule is CCOC(=O)Cc1cc(CC)c(CC)cc1C#N. The summed E-state index contributed by atoms with van der Waals surface area (Å²) in [6, 6.07) is 6.02. The second-order valence-corrected chi connectivity index (χ2v) is 4.08. The predicted octanol–water partition coefficient (Wildman–Crippen LogP) is 2.79. The molecule has 0 atom stereocenters. The first-order valence-electron chi connectivity index (χ1n) is 6.36. The molecule has 1 aromatic rings. The van der Waals surface area contributed by atoms with Crippen LogP contribution in [-0.2, 0) is 28.8 Å². The summed E-state index contributed by atoms with van der Waals surface area (Å²) in [4.78, 5) is 11.5. The van der Waals surface area contributed by atoms with Crippen LogP contribution < -0.4 is 0 Å². The first-order valence-corrected chi connectivity index (χ1v) is 6.36. The van der Waals surface area contributed by atoms with E-state index < -0.39 is 0 Å². The van der Waals surface area contributed by atoms with E-state index in [1.165, 1.54) is 11.1 Å². The Morgan fingerprint density at radius 2 is 1.78 bits per heavy atom. The smallest absolute Gasteiger partial charge is 0.310 e. The number of nitriles is 1. The number of benzene rings is 1. The highest BCUT2D eigenvalue weighted by Gasteiger charge is 2.12. The van der Waals surface area contributed by atoms with E-state index in [0.29, 0.717) is 12.2 Å². The Morgan fingerprint density at radius 1 is 1.17 bits per heavy atom.